The van der Waals surface area contributed by atoms with Crippen molar-refractivity contribution in [2.75, 3.05) is 13.1 Å². The first kappa shape index (κ1) is 10.8. The maximum atomic E-state index is 9.01. The van der Waals surface area contributed by atoms with Crippen LogP contribution in [0, 0.1) is 17.2 Å². The second-order valence-corrected chi connectivity index (χ2v) is 4.55. The minimum absolute atomic E-state index is 0.657. The summed E-state index contributed by atoms with van der Waals surface area (Å²) in [6.45, 7) is 6.21. The van der Waals surface area contributed by atoms with Crippen molar-refractivity contribution in [2.45, 2.75) is 20.3 Å². The van der Waals surface area contributed by atoms with Crippen molar-refractivity contribution in [3.8, 4) is 6.07 Å². The van der Waals surface area contributed by atoms with Crippen LogP contribution in [0.2, 0.25) is 0 Å². The monoisotopic (exact) mass is 215 g/mol. The van der Waals surface area contributed by atoms with Crippen molar-refractivity contribution in [1.82, 2.24) is 10.6 Å². The van der Waals surface area contributed by atoms with Crippen molar-refractivity contribution in [1.29, 1.82) is 5.26 Å². The van der Waals surface area contributed by atoms with E-state index in [2.05, 4.69) is 29.7 Å². The van der Waals surface area contributed by atoms with E-state index >= 15 is 0 Å². The largest absolute Gasteiger partial charge is 0.371 e. The van der Waals surface area contributed by atoms with Crippen LogP contribution in [0.3, 0.4) is 0 Å². The predicted octanol–water partition coefficient (Wildman–Crippen LogP) is 1.83. The molecule has 16 heavy (non-hydrogen) atoms. The summed E-state index contributed by atoms with van der Waals surface area (Å²) in [7, 11) is 0. The molecule has 3 nitrogen and oxygen atoms in total. The lowest BCUT2D eigenvalue weighted by atomic mass is 9.95. The summed E-state index contributed by atoms with van der Waals surface area (Å²) in [5, 5.41) is 15.8. The first-order valence-corrected chi connectivity index (χ1v) is 5.69. The van der Waals surface area contributed by atoms with Crippen LogP contribution in [-0.4, -0.2) is 13.1 Å². The van der Waals surface area contributed by atoms with Crippen LogP contribution in [0.15, 0.2) is 34.7 Å². The van der Waals surface area contributed by atoms with E-state index in [1.165, 1.54) is 5.57 Å². The van der Waals surface area contributed by atoms with E-state index in [-0.39, 0.29) is 0 Å². The van der Waals surface area contributed by atoms with Gasteiger partial charge in [-0.15, -0.1) is 0 Å². The molecule has 0 aromatic heterocycles. The first-order valence-electron chi connectivity index (χ1n) is 5.69. The van der Waals surface area contributed by atoms with Crippen LogP contribution in [0.5, 0.6) is 0 Å². The minimum Gasteiger partial charge on any atom is -0.371 e. The summed E-state index contributed by atoms with van der Waals surface area (Å²) < 4.78 is 0. The van der Waals surface area contributed by atoms with E-state index in [4.69, 9.17) is 5.26 Å². The Morgan fingerprint density at radius 2 is 2.00 bits per heavy atom. The Morgan fingerprint density at radius 1 is 1.31 bits per heavy atom. The summed E-state index contributed by atoms with van der Waals surface area (Å²) in [6, 6.07) is 2.27. The summed E-state index contributed by atoms with van der Waals surface area (Å²) in [4.78, 5) is 0. The van der Waals surface area contributed by atoms with Gasteiger partial charge in [0.2, 0.25) is 0 Å². The Balaban J connectivity index is 2.17. The molecular weight excluding hydrogens is 198 g/mol. The van der Waals surface area contributed by atoms with Gasteiger partial charge < -0.3 is 10.6 Å². The summed E-state index contributed by atoms with van der Waals surface area (Å²) >= 11 is 0. The maximum Gasteiger partial charge on any atom is 0.102 e. The van der Waals surface area contributed by atoms with E-state index < -0.39 is 0 Å². The van der Waals surface area contributed by atoms with Gasteiger partial charge in [0.05, 0.1) is 6.07 Å². The second-order valence-electron chi connectivity index (χ2n) is 4.55. The molecule has 0 amide bonds. The van der Waals surface area contributed by atoms with Gasteiger partial charge in [-0.3, -0.25) is 0 Å². The average Bonchev–Trinajstić information content (AvgIpc) is 2.31. The van der Waals surface area contributed by atoms with Gasteiger partial charge in [0.1, 0.15) is 5.82 Å². The molecule has 3 heteroatoms. The third-order valence-corrected chi connectivity index (χ3v) is 3.09. The van der Waals surface area contributed by atoms with Gasteiger partial charge in [-0.05, 0) is 24.0 Å². The molecule has 2 N–H and O–H groups in total. The molecule has 0 radical (unpaired) electrons. The third-order valence-electron chi connectivity index (χ3n) is 3.09. The third kappa shape index (κ3) is 2.11. The van der Waals surface area contributed by atoms with Gasteiger partial charge in [-0.1, -0.05) is 19.1 Å². The Bertz CT molecular complexity index is 411. The fourth-order valence-corrected chi connectivity index (χ4v) is 1.93. The highest BCUT2D eigenvalue weighted by Crippen LogP contribution is 2.24. The van der Waals surface area contributed by atoms with E-state index in [1.807, 2.05) is 13.0 Å². The lowest BCUT2D eigenvalue weighted by molar-refractivity contribution is 0.445. The lowest BCUT2D eigenvalue weighted by Crippen LogP contribution is -2.41. The summed E-state index contributed by atoms with van der Waals surface area (Å²) in [5.74, 6) is 1.75. The second kappa shape index (κ2) is 4.44. The Kier molecular flexibility index (Phi) is 3.00. The van der Waals surface area contributed by atoms with Gasteiger partial charge in [0.15, 0.2) is 0 Å². The van der Waals surface area contributed by atoms with Gasteiger partial charge >= 0.3 is 0 Å². The molecule has 1 aliphatic heterocycles. The highest BCUT2D eigenvalue weighted by Gasteiger charge is 2.16. The van der Waals surface area contributed by atoms with Crippen molar-refractivity contribution >= 4 is 0 Å². The fraction of sp³-hybridized carbons (Fsp3) is 0.462. The SMILES string of the molecule is CC1=C(C#N)CC(=C2NCC(C)CN2)C=C1. The van der Waals surface area contributed by atoms with Crippen LogP contribution in [-0.2, 0) is 0 Å². The standard InChI is InChI=1S/C13H17N3/c1-9-7-15-13(16-8-9)11-4-3-10(2)12(5-11)6-14/h3-4,9,15-16H,5,7-8H2,1-2H3. The molecule has 84 valence electrons. The molecule has 1 aliphatic carbocycles. The van der Waals surface area contributed by atoms with Crippen molar-refractivity contribution in [2.24, 2.45) is 5.92 Å². The number of nitrogens with zero attached hydrogens (tertiary/aromatic N) is 1. The first-order chi connectivity index (χ1) is 7.70. The van der Waals surface area contributed by atoms with Gasteiger partial charge in [-0.2, -0.15) is 5.26 Å². The molecule has 0 aromatic rings. The van der Waals surface area contributed by atoms with E-state index in [1.54, 1.807) is 0 Å². The zero-order valence-electron chi connectivity index (χ0n) is 9.80. The van der Waals surface area contributed by atoms with Crippen LogP contribution in [0.4, 0.5) is 0 Å². The molecule has 2 rings (SSSR count). The molecule has 0 bridgehead atoms. The number of hydrogen-bond donors (Lipinski definition) is 2. The Hall–Kier alpha value is -1.69. The number of nitrogens with one attached hydrogen (secondary N) is 2. The van der Waals surface area contributed by atoms with Crippen LogP contribution in [0.1, 0.15) is 20.3 Å². The number of rotatable bonds is 0. The normalized spacial score (nSPS) is 24.9. The van der Waals surface area contributed by atoms with Gasteiger partial charge in [0.25, 0.3) is 0 Å². The Morgan fingerprint density at radius 3 is 2.62 bits per heavy atom. The lowest BCUT2D eigenvalue weighted by Gasteiger charge is -2.27. The van der Waals surface area contributed by atoms with Gasteiger partial charge in [0, 0.05) is 25.1 Å². The topological polar surface area (TPSA) is 47.9 Å². The van der Waals surface area contributed by atoms with Crippen LogP contribution < -0.4 is 10.6 Å². The number of nitriles is 1. The smallest absolute Gasteiger partial charge is 0.102 e. The zero-order valence-corrected chi connectivity index (χ0v) is 9.80. The quantitative estimate of drug-likeness (QED) is 0.648. The molecule has 0 atom stereocenters. The molecule has 2 aliphatic rings. The number of hydrogen-bond acceptors (Lipinski definition) is 3. The minimum atomic E-state index is 0.657. The van der Waals surface area contributed by atoms with Crippen molar-refractivity contribution in [3.05, 3.63) is 34.7 Å². The van der Waals surface area contributed by atoms with Crippen LogP contribution >= 0.6 is 0 Å². The van der Waals surface area contributed by atoms with Crippen molar-refractivity contribution < 1.29 is 0 Å². The fourth-order valence-electron chi connectivity index (χ4n) is 1.93. The molecule has 1 fully saturated rings. The number of allylic oxidation sites excluding steroid dienone is 5. The Labute approximate surface area is 96.5 Å². The summed E-state index contributed by atoms with van der Waals surface area (Å²) in [5.41, 5.74) is 3.14. The van der Waals surface area contributed by atoms with Gasteiger partial charge in [-0.25, -0.2) is 0 Å². The molecule has 0 unspecified atom stereocenters. The average molecular weight is 215 g/mol. The summed E-state index contributed by atoms with van der Waals surface area (Å²) in [6.07, 6.45) is 4.86. The highest BCUT2D eigenvalue weighted by atomic mass is 15.1. The highest BCUT2D eigenvalue weighted by molar-refractivity contribution is 5.46. The maximum absolute atomic E-state index is 9.01. The molecule has 0 saturated carbocycles. The molecule has 1 heterocycles. The molecule has 0 aromatic carbocycles. The van der Waals surface area contributed by atoms with Crippen molar-refractivity contribution in [3.63, 3.8) is 0 Å². The van der Waals surface area contributed by atoms with E-state index in [0.29, 0.717) is 5.92 Å². The predicted molar refractivity (Wildman–Crippen MR) is 64.3 cm³/mol. The molecule has 0 spiro atoms. The molecule has 1 saturated heterocycles. The van der Waals surface area contributed by atoms with E-state index in [9.17, 15) is 0 Å². The van der Waals surface area contributed by atoms with E-state index in [0.717, 1.165) is 36.5 Å². The molecular formula is C13H17N3. The van der Waals surface area contributed by atoms with Crippen LogP contribution in [0.25, 0.3) is 0 Å². The zero-order chi connectivity index (χ0) is 11.5.